The molecule has 2 aliphatic heterocycles. The average Bonchev–Trinajstić information content (AvgIpc) is 2.46. The first-order chi connectivity index (χ1) is 9.25. The van der Waals surface area contributed by atoms with E-state index in [4.69, 9.17) is 0 Å². The molecule has 2 aliphatic rings. The van der Waals surface area contributed by atoms with E-state index in [1.54, 1.807) is 0 Å². The molecule has 0 radical (unpaired) electrons. The summed E-state index contributed by atoms with van der Waals surface area (Å²) >= 11 is 0. The van der Waals surface area contributed by atoms with Gasteiger partial charge in [-0.1, -0.05) is 25.1 Å². The monoisotopic (exact) mass is 294 g/mol. The lowest BCUT2D eigenvalue weighted by atomic mass is 9.92. The highest BCUT2D eigenvalue weighted by Crippen LogP contribution is 2.28. The fraction of sp³-hybridized carbons (Fsp3) is 0.562. The third kappa shape index (κ3) is 2.99. The molecule has 110 valence electrons. The molecule has 1 aromatic carbocycles. The van der Waals surface area contributed by atoms with Crippen molar-refractivity contribution < 1.29 is 4.79 Å². The van der Waals surface area contributed by atoms with Crippen molar-refractivity contribution in [3.63, 3.8) is 0 Å². The highest BCUT2D eigenvalue weighted by molar-refractivity contribution is 5.98. The minimum absolute atomic E-state index is 0. The second-order valence-corrected chi connectivity index (χ2v) is 5.86. The molecule has 20 heavy (non-hydrogen) atoms. The summed E-state index contributed by atoms with van der Waals surface area (Å²) < 4.78 is 0. The van der Waals surface area contributed by atoms with Gasteiger partial charge in [-0.25, -0.2) is 0 Å². The van der Waals surface area contributed by atoms with Crippen molar-refractivity contribution >= 4 is 24.0 Å². The zero-order valence-corrected chi connectivity index (χ0v) is 12.8. The number of aryl methyl sites for hydroxylation is 1. The van der Waals surface area contributed by atoms with Gasteiger partial charge in [-0.2, -0.15) is 0 Å². The first-order valence-corrected chi connectivity index (χ1v) is 7.38. The molecule has 2 unspecified atom stereocenters. The molecule has 2 atom stereocenters. The van der Waals surface area contributed by atoms with Crippen LogP contribution in [-0.2, 0) is 11.2 Å². The van der Waals surface area contributed by atoms with E-state index in [0.29, 0.717) is 5.92 Å². The van der Waals surface area contributed by atoms with Gasteiger partial charge < -0.3 is 10.2 Å². The van der Waals surface area contributed by atoms with Gasteiger partial charge in [0.2, 0.25) is 5.91 Å². The number of carbonyl (C=O) groups excluding carboxylic acids is 1. The fourth-order valence-corrected chi connectivity index (χ4v) is 3.25. The maximum Gasteiger partial charge on any atom is 0.244 e. The Morgan fingerprint density at radius 3 is 2.95 bits per heavy atom. The number of para-hydroxylation sites is 1. The molecule has 1 fully saturated rings. The predicted octanol–water partition coefficient (Wildman–Crippen LogP) is 2.78. The summed E-state index contributed by atoms with van der Waals surface area (Å²) in [7, 11) is 0. The average molecular weight is 295 g/mol. The SMILES string of the molecule is CC1CCNC(C(=O)N2CCCc3ccccc32)C1.Cl. The summed E-state index contributed by atoms with van der Waals surface area (Å²) in [4.78, 5) is 14.7. The van der Waals surface area contributed by atoms with Gasteiger partial charge in [0, 0.05) is 12.2 Å². The van der Waals surface area contributed by atoms with Crippen molar-refractivity contribution in [2.45, 2.75) is 38.6 Å². The minimum Gasteiger partial charge on any atom is -0.311 e. The van der Waals surface area contributed by atoms with Crippen LogP contribution in [0.3, 0.4) is 0 Å². The van der Waals surface area contributed by atoms with Crippen molar-refractivity contribution in [3.05, 3.63) is 29.8 Å². The van der Waals surface area contributed by atoms with E-state index >= 15 is 0 Å². The van der Waals surface area contributed by atoms with E-state index in [-0.39, 0.29) is 24.4 Å². The Kier molecular flexibility index (Phi) is 5.06. The Morgan fingerprint density at radius 2 is 2.15 bits per heavy atom. The van der Waals surface area contributed by atoms with Gasteiger partial charge in [-0.05, 0) is 49.8 Å². The predicted molar refractivity (Wildman–Crippen MR) is 84.6 cm³/mol. The largest absolute Gasteiger partial charge is 0.311 e. The van der Waals surface area contributed by atoms with E-state index in [1.165, 1.54) is 12.0 Å². The molecule has 1 amide bonds. The number of anilines is 1. The lowest BCUT2D eigenvalue weighted by Gasteiger charge is -2.35. The number of piperidine rings is 1. The summed E-state index contributed by atoms with van der Waals surface area (Å²) in [6.45, 7) is 4.07. The zero-order valence-electron chi connectivity index (χ0n) is 12.0. The molecule has 1 saturated heterocycles. The van der Waals surface area contributed by atoms with E-state index in [0.717, 1.165) is 38.0 Å². The number of nitrogens with one attached hydrogen (secondary N) is 1. The number of halogens is 1. The normalized spacial score (nSPS) is 25.6. The molecule has 0 spiro atoms. The van der Waals surface area contributed by atoms with Crippen molar-refractivity contribution in [2.75, 3.05) is 18.0 Å². The fourth-order valence-electron chi connectivity index (χ4n) is 3.25. The van der Waals surface area contributed by atoms with Crippen LogP contribution in [0.15, 0.2) is 24.3 Å². The standard InChI is InChI=1S/C16H22N2O.ClH/c1-12-8-9-17-14(11-12)16(19)18-10-4-6-13-5-2-3-7-15(13)18;/h2-3,5,7,12,14,17H,4,6,8-11H2,1H3;1H. The Morgan fingerprint density at radius 1 is 1.35 bits per heavy atom. The molecule has 1 N–H and O–H groups in total. The lowest BCUT2D eigenvalue weighted by Crippen LogP contribution is -2.51. The zero-order chi connectivity index (χ0) is 13.2. The highest BCUT2D eigenvalue weighted by atomic mass is 35.5. The number of hydrogen-bond acceptors (Lipinski definition) is 2. The van der Waals surface area contributed by atoms with E-state index in [1.807, 2.05) is 11.0 Å². The Labute approximate surface area is 127 Å². The third-order valence-corrected chi connectivity index (χ3v) is 4.34. The van der Waals surface area contributed by atoms with Crippen molar-refractivity contribution in [2.24, 2.45) is 5.92 Å². The smallest absolute Gasteiger partial charge is 0.244 e. The number of nitrogens with zero attached hydrogens (tertiary/aromatic N) is 1. The molecule has 0 aromatic heterocycles. The number of carbonyl (C=O) groups is 1. The van der Waals surface area contributed by atoms with Gasteiger partial charge in [-0.3, -0.25) is 4.79 Å². The van der Waals surface area contributed by atoms with Crippen LogP contribution >= 0.6 is 12.4 Å². The minimum atomic E-state index is 0. The maximum absolute atomic E-state index is 12.7. The molecule has 0 bridgehead atoms. The number of amides is 1. The van der Waals surface area contributed by atoms with Crippen LogP contribution in [0.5, 0.6) is 0 Å². The van der Waals surface area contributed by atoms with Crippen LogP contribution in [-0.4, -0.2) is 25.0 Å². The van der Waals surface area contributed by atoms with Gasteiger partial charge in [0.05, 0.1) is 6.04 Å². The van der Waals surface area contributed by atoms with Crippen LogP contribution < -0.4 is 10.2 Å². The summed E-state index contributed by atoms with van der Waals surface area (Å²) in [5.74, 6) is 0.911. The first kappa shape index (κ1) is 15.3. The van der Waals surface area contributed by atoms with E-state index in [9.17, 15) is 4.79 Å². The Balaban J connectivity index is 0.00000147. The molecular formula is C16H23ClN2O. The number of hydrogen-bond donors (Lipinski definition) is 1. The Hall–Kier alpha value is -1.06. The second-order valence-electron chi connectivity index (χ2n) is 5.86. The van der Waals surface area contributed by atoms with Gasteiger partial charge in [0.15, 0.2) is 0 Å². The van der Waals surface area contributed by atoms with Crippen molar-refractivity contribution in [1.82, 2.24) is 5.32 Å². The molecule has 2 heterocycles. The van der Waals surface area contributed by atoms with Gasteiger partial charge in [-0.15, -0.1) is 12.4 Å². The lowest BCUT2D eigenvalue weighted by molar-refractivity contribution is -0.121. The summed E-state index contributed by atoms with van der Waals surface area (Å²) in [6, 6.07) is 8.33. The second kappa shape index (κ2) is 6.59. The molecule has 0 saturated carbocycles. The molecule has 1 aromatic rings. The third-order valence-electron chi connectivity index (χ3n) is 4.34. The maximum atomic E-state index is 12.7. The number of rotatable bonds is 1. The Bertz CT molecular complexity index is 477. The number of benzene rings is 1. The highest BCUT2D eigenvalue weighted by Gasteiger charge is 2.31. The summed E-state index contributed by atoms with van der Waals surface area (Å²) in [5.41, 5.74) is 2.43. The quantitative estimate of drug-likeness (QED) is 0.864. The summed E-state index contributed by atoms with van der Waals surface area (Å²) in [5, 5.41) is 3.39. The van der Waals surface area contributed by atoms with Crippen molar-refractivity contribution in [1.29, 1.82) is 0 Å². The molecule has 0 aliphatic carbocycles. The van der Waals surface area contributed by atoms with Gasteiger partial charge in [0.1, 0.15) is 0 Å². The molecular weight excluding hydrogens is 272 g/mol. The molecule has 3 nitrogen and oxygen atoms in total. The van der Waals surface area contributed by atoms with Gasteiger partial charge >= 0.3 is 0 Å². The van der Waals surface area contributed by atoms with E-state index in [2.05, 4.69) is 30.4 Å². The van der Waals surface area contributed by atoms with E-state index < -0.39 is 0 Å². The van der Waals surface area contributed by atoms with Crippen LogP contribution in [0.25, 0.3) is 0 Å². The van der Waals surface area contributed by atoms with Gasteiger partial charge in [0.25, 0.3) is 0 Å². The molecule has 4 heteroatoms. The molecule has 3 rings (SSSR count). The van der Waals surface area contributed by atoms with Crippen molar-refractivity contribution in [3.8, 4) is 0 Å². The van der Waals surface area contributed by atoms with Crippen LogP contribution in [0.2, 0.25) is 0 Å². The van der Waals surface area contributed by atoms with Crippen LogP contribution in [0, 0.1) is 5.92 Å². The summed E-state index contributed by atoms with van der Waals surface area (Å²) in [6.07, 6.45) is 4.32. The number of fused-ring (bicyclic) bond motifs is 1. The topological polar surface area (TPSA) is 32.3 Å². The van der Waals surface area contributed by atoms with Crippen LogP contribution in [0.1, 0.15) is 31.7 Å². The first-order valence-electron chi connectivity index (χ1n) is 7.38. The van der Waals surface area contributed by atoms with Crippen LogP contribution in [0.4, 0.5) is 5.69 Å².